The molecule has 0 aliphatic carbocycles. The van der Waals surface area contributed by atoms with E-state index in [9.17, 15) is 5.11 Å². The SMILES string of the molecule is CO[C@]1(C)C[C@H](O)O[C@@H](C)[C@H]1N(C)C. The van der Waals surface area contributed by atoms with Crippen molar-refractivity contribution in [2.75, 3.05) is 21.2 Å². The van der Waals surface area contributed by atoms with Crippen LogP contribution in [-0.4, -0.2) is 55.2 Å². The number of hydrogen-bond donors (Lipinski definition) is 1. The Balaban J connectivity index is 2.86. The van der Waals surface area contributed by atoms with Crippen LogP contribution in [0.5, 0.6) is 0 Å². The van der Waals surface area contributed by atoms with Crippen molar-refractivity contribution in [3.63, 3.8) is 0 Å². The number of aliphatic hydroxyl groups excluding tert-OH is 1. The van der Waals surface area contributed by atoms with Crippen molar-refractivity contribution in [1.82, 2.24) is 4.90 Å². The van der Waals surface area contributed by atoms with E-state index < -0.39 is 6.29 Å². The zero-order valence-corrected chi connectivity index (χ0v) is 9.65. The van der Waals surface area contributed by atoms with Gasteiger partial charge in [0.1, 0.15) is 0 Å². The molecule has 4 nitrogen and oxygen atoms in total. The average Bonchev–Trinajstić information content (AvgIpc) is 2.01. The van der Waals surface area contributed by atoms with Crippen LogP contribution in [-0.2, 0) is 9.47 Å². The van der Waals surface area contributed by atoms with Crippen molar-refractivity contribution in [3.05, 3.63) is 0 Å². The standard InChI is InChI=1S/C10H21NO3/c1-7-9(11(3)4)10(2,13-5)6-8(12)14-7/h7-9,12H,6H2,1-5H3/t7-,8+,9+,10+/m0/s1. The van der Waals surface area contributed by atoms with Gasteiger partial charge in [0.25, 0.3) is 0 Å². The lowest BCUT2D eigenvalue weighted by atomic mass is 9.85. The van der Waals surface area contributed by atoms with Crippen LogP contribution in [0.15, 0.2) is 0 Å². The molecule has 0 aromatic carbocycles. The molecule has 4 atom stereocenters. The monoisotopic (exact) mass is 203 g/mol. The lowest BCUT2D eigenvalue weighted by molar-refractivity contribution is -0.244. The predicted octanol–water partition coefficient (Wildman–Crippen LogP) is 0.449. The Morgan fingerprint density at radius 3 is 2.50 bits per heavy atom. The second-order valence-electron chi connectivity index (χ2n) is 4.43. The van der Waals surface area contributed by atoms with E-state index in [2.05, 4.69) is 4.90 Å². The summed E-state index contributed by atoms with van der Waals surface area (Å²) in [5.74, 6) is 0. The molecule has 1 fully saturated rings. The summed E-state index contributed by atoms with van der Waals surface area (Å²) in [6, 6.07) is 0.163. The van der Waals surface area contributed by atoms with Gasteiger partial charge in [0, 0.05) is 13.5 Å². The number of hydrogen-bond acceptors (Lipinski definition) is 4. The van der Waals surface area contributed by atoms with Crippen LogP contribution in [0.3, 0.4) is 0 Å². The predicted molar refractivity (Wildman–Crippen MR) is 54.1 cm³/mol. The quantitative estimate of drug-likeness (QED) is 0.707. The summed E-state index contributed by atoms with van der Waals surface area (Å²) in [6.45, 7) is 3.98. The highest BCUT2D eigenvalue weighted by Gasteiger charge is 2.46. The van der Waals surface area contributed by atoms with Gasteiger partial charge in [-0.1, -0.05) is 0 Å². The van der Waals surface area contributed by atoms with Gasteiger partial charge < -0.3 is 19.5 Å². The third-order valence-electron chi connectivity index (χ3n) is 3.04. The average molecular weight is 203 g/mol. The lowest BCUT2D eigenvalue weighted by Crippen LogP contribution is -2.61. The maximum Gasteiger partial charge on any atom is 0.157 e. The van der Waals surface area contributed by atoms with Crippen molar-refractivity contribution in [3.8, 4) is 0 Å². The van der Waals surface area contributed by atoms with Crippen molar-refractivity contribution in [1.29, 1.82) is 0 Å². The number of ether oxygens (including phenoxy) is 2. The van der Waals surface area contributed by atoms with Crippen molar-refractivity contribution in [2.45, 2.75) is 44.3 Å². The van der Waals surface area contributed by atoms with E-state index in [-0.39, 0.29) is 17.7 Å². The molecular weight excluding hydrogens is 182 g/mol. The van der Waals surface area contributed by atoms with E-state index in [4.69, 9.17) is 9.47 Å². The molecule has 14 heavy (non-hydrogen) atoms. The van der Waals surface area contributed by atoms with Gasteiger partial charge in [-0.05, 0) is 27.9 Å². The first-order chi connectivity index (χ1) is 6.40. The molecule has 0 unspecified atom stereocenters. The van der Waals surface area contributed by atoms with Crippen LogP contribution in [0.4, 0.5) is 0 Å². The number of methoxy groups -OCH3 is 1. The smallest absolute Gasteiger partial charge is 0.157 e. The van der Waals surface area contributed by atoms with Crippen LogP contribution in [0.1, 0.15) is 20.3 Å². The molecule has 0 radical (unpaired) electrons. The molecule has 0 bridgehead atoms. The Kier molecular flexibility index (Phi) is 3.53. The van der Waals surface area contributed by atoms with Gasteiger partial charge in [0.15, 0.2) is 6.29 Å². The first-order valence-corrected chi connectivity index (χ1v) is 4.96. The fraction of sp³-hybridized carbons (Fsp3) is 1.00. The Morgan fingerprint density at radius 2 is 2.07 bits per heavy atom. The van der Waals surface area contributed by atoms with Gasteiger partial charge >= 0.3 is 0 Å². The molecule has 0 saturated carbocycles. The Labute approximate surface area is 85.8 Å². The number of likely N-dealkylation sites (N-methyl/N-ethyl adjacent to an activating group) is 1. The first kappa shape index (κ1) is 11.9. The Morgan fingerprint density at radius 1 is 1.50 bits per heavy atom. The van der Waals surface area contributed by atoms with Crippen LogP contribution in [0.25, 0.3) is 0 Å². The van der Waals surface area contributed by atoms with Gasteiger partial charge in [-0.3, -0.25) is 0 Å². The molecule has 0 aromatic heterocycles. The molecule has 1 N–H and O–H groups in total. The topological polar surface area (TPSA) is 41.9 Å². The number of rotatable bonds is 2. The minimum atomic E-state index is -0.717. The number of nitrogens with zero attached hydrogens (tertiary/aromatic N) is 1. The first-order valence-electron chi connectivity index (χ1n) is 4.96. The summed E-state index contributed by atoms with van der Waals surface area (Å²) in [7, 11) is 5.68. The van der Waals surface area contributed by atoms with Crippen LogP contribution < -0.4 is 0 Å². The third kappa shape index (κ3) is 2.08. The molecule has 1 aliphatic heterocycles. The molecule has 1 rings (SSSR count). The maximum absolute atomic E-state index is 9.53. The second kappa shape index (κ2) is 4.14. The van der Waals surface area contributed by atoms with E-state index in [1.165, 1.54) is 0 Å². The van der Waals surface area contributed by atoms with Gasteiger partial charge in [-0.15, -0.1) is 0 Å². The van der Waals surface area contributed by atoms with Crippen LogP contribution in [0, 0.1) is 0 Å². The van der Waals surface area contributed by atoms with Crippen molar-refractivity contribution < 1.29 is 14.6 Å². The number of aliphatic hydroxyl groups is 1. The maximum atomic E-state index is 9.53. The Bertz CT molecular complexity index is 198. The van der Waals surface area contributed by atoms with Crippen molar-refractivity contribution in [2.24, 2.45) is 0 Å². The van der Waals surface area contributed by atoms with E-state index >= 15 is 0 Å². The van der Waals surface area contributed by atoms with E-state index in [1.54, 1.807) is 7.11 Å². The highest BCUT2D eigenvalue weighted by Crippen LogP contribution is 2.33. The fourth-order valence-electron chi connectivity index (χ4n) is 2.50. The minimum absolute atomic E-state index is 0.0290. The summed E-state index contributed by atoms with van der Waals surface area (Å²) in [4.78, 5) is 2.08. The zero-order chi connectivity index (χ0) is 10.9. The lowest BCUT2D eigenvalue weighted by Gasteiger charge is -2.48. The Hall–Kier alpha value is -0.160. The molecule has 84 valence electrons. The van der Waals surface area contributed by atoms with Gasteiger partial charge in [0.2, 0.25) is 0 Å². The highest BCUT2D eigenvalue weighted by atomic mass is 16.6. The second-order valence-corrected chi connectivity index (χ2v) is 4.43. The van der Waals surface area contributed by atoms with E-state index in [1.807, 2.05) is 27.9 Å². The fourth-order valence-corrected chi connectivity index (χ4v) is 2.50. The van der Waals surface area contributed by atoms with E-state index in [0.717, 1.165) is 0 Å². The van der Waals surface area contributed by atoms with E-state index in [0.29, 0.717) is 6.42 Å². The molecule has 1 saturated heterocycles. The molecular formula is C10H21NO3. The van der Waals surface area contributed by atoms with Crippen LogP contribution in [0.2, 0.25) is 0 Å². The van der Waals surface area contributed by atoms with Gasteiger partial charge in [0.05, 0.1) is 17.7 Å². The summed E-state index contributed by atoms with van der Waals surface area (Å²) in [5.41, 5.74) is -0.347. The molecule has 0 aromatic rings. The normalized spacial score (nSPS) is 44.4. The summed E-state index contributed by atoms with van der Waals surface area (Å²) < 4.78 is 10.9. The minimum Gasteiger partial charge on any atom is -0.377 e. The van der Waals surface area contributed by atoms with Gasteiger partial charge in [-0.2, -0.15) is 0 Å². The largest absolute Gasteiger partial charge is 0.377 e. The van der Waals surface area contributed by atoms with Crippen molar-refractivity contribution >= 4 is 0 Å². The molecule has 1 aliphatic rings. The summed E-state index contributed by atoms with van der Waals surface area (Å²) in [6.07, 6.45) is -0.235. The van der Waals surface area contributed by atoms with Gasteiger partial charge in [-0.25, -0.2) is 0 Å². The summed E-state index contributed by atoms with van der Waals surface area (Å²) in [5, 5.41) is 9.53. The molecule has 1 heterocycles. The zero-order valence-electron chi connectivity index (χ0n) is 9.65. The molecule has 4 heteroatoms. The molecule has 0 amide bonds. The molecule has 0 spiro atoms. The summed E-state index contributed by atoms with van der Waals surface area (Å²) >= 11 is 0. The highest BCUT2D eigenvalue weighted by molar-refractivity contribution is 4.97. The van der Waals surface area contributed by atoms with Crippen LogP contribution >= 0.6 is 0 Å². The third-order valence-corrected chi connectivity index (χ3v) is 3.04.